The van der Waals surface area contributed by atoms with Crippen molar-refractivity contribution in [3.05, 3.63) is 115 Å². The third-order valence-corrected chi connectivity index (χ3v) is 11.8. The third-order valence-electron chi connectivity index (χ3n) is 9.44. The summed E-state index contributed by atoms with van der Waals surface area (Å²) in [7, 11) is 0. The van der Waals surface area contributed by atoms with Gasteiger partial charge in [0.2, 0.25) is 5.82 Å². The zero-order valence-electron chi connectivity index (χ0n) is 22.8. The Kier molecular flexibility index (Phi) is 4.21. The van der Waals surface area contributed by atoms with E-state index < -0.39 is 0 Å². The van der Waals surface area contributed by atoms with Crippen molar-refractivity contribution in [3.63, 3.8) is 0 Å². The molecule has 2 aliphatic rings. The highest BCUT2D eigenvalue weighted by atomic mass is 32.1. The SMILES string of the molecule is C1=CC2=Nc3c(n4c5ccc(-c6ccc7sc8ccccc8c7c6)cc5c5c6sc7ccccc7c6cc3c54)[NH2+]C2C=C1. The first-order valence-corrected chi connectivity index (χ1v) is 16.3. The van der Waals surface area contributed by atoms with Crippen molar-refractivity contribution in [1.82, 2.24) is 4.40 Å². The van der Waals surface area contributed by atoms with Crippen LogP contribution in [0.3, 0.4) is 0 Å². The first kappa shape index (κ1) is 22.7. The summed E-state index contributed by atoms with van der Waals surface area (Å²) in [6.45, 7) is 0. The average molecular weight is 585 g/mol. The normalized spacial score (nSPS) is 16.5. The lowest BCUT2D eigenvalue weighted by Gasteiger charge is -2.18. The summed E-state index contributed by atoms with van der Waals surface area (Å²) in [6.07, 6.45) is 8.65. The number of benzene rings is 5. The molecular formula is C38H22N3S2+. The highest BCUT2D eigenvalue weighted by molar-refractivity contribution is 7.27. The van der Waals surface area contributed by atoms with Gasteiger partial charge in [0.15, 0.2) is 11.7 Å². The molecule has 5 aromatic carbocycles. The quantitative estimate of drug-likeness (QED) is 0.199. The zero-order valence-corrected chi connectivity index (χ0v) is 24.5. The van der Waals surface area contributed by atoms with Gasteiger partial charge in [-0.1, -0.05) is 60.7 Å². The molecule has 4 aromatic heterocycles. The van der Waals surface area contributed by atoms with Gasteiger partial charge in [-0.15, -0.1) is 22.7 Å². The number of rotatable bonds is 1. The van der Waals surface area contributed by atoms with E-state index in [4.69, 9.17) is 4.99 Å². The molecule has 1 aliphatic heterocycles. The summed E-state index contributed by atoms with van der Waals surface area (Å²) in [5, 5.41) is 11.7. The van der Waals surface area contributed by atoms with Crippen LogP contribution in [-0.2, 0) is 0 Å². The van der Waals surface area contributed by atoms with Gasteiger partial charge < -0.3 is 0 Å². The minimum Gasteiger partial charge on any atom is -0.286 e. The van der Waals surface area contributed by atoms with Crippen molar-refractivity contribution in [2.75, 3.05) is 0 Å². The maximum absolute atomic E-state index is 5.28. The lowest BCUT2D eigenvalue weighted by molar-refractivity contribution is -0.586. The number of aliphatic imine (C=N–C) groups is 1. The van der Waals surface area contributed by atoms with Gasteiger partial charge in [-0.3, -0.25) is 9.72 Å². The number of quaternary nitrogens is 1. The highest BCUT2D eigenvalue weighted by Crippen LogP contribution is 2.50. The number of hydrogen-bond donors (Lipinski definition) is 1. The zero-order chi connectivity index (χ0) is 27.8. The lowest BCUT2D eigenvalue weighted by atomic mass is 9.99. The Hall–Kier alpha value is -4.81. The summed E-state index contributed by atoms with van der Waals surface area (Å²) in [5.74, 6) is 1.21. The molecule has 1 atom stereocenters. The van der Waals surface area contributed by atoms with E-state index in [-0.39, 0.29) is 6.04 Å². The number of aromatic nitrogens is 1. The van der Waals surface area contributed by atoms with Crippen molar-refractivity contribution < 1.29 is 5.32 Å². The minimum absolute atomic E-state index is 0.207. The van der Waals surface area contributed by atoms with Gasteiger partial charge in [0.1, 0.15) is 5.71 Å². The van der Waals surface area contributed by atoms with Crippen LogP contribution in [0.25, 0.3) is 78.7 Å². The van der Waals surface area contributed by atoms with Gasteiger partial charge >= 0.3 is 0 Å². The van der Waals surface area contributed by atoms with Crippen LogP contribution >= 0.6 is 22.7 Å². The van der Waals surface area contributed by atoms with Gasteiger partial charge in [-0.2, -0.15) is 0 Å². The molecule has 9 aromatic rings. The number of nitrogens with two attached hydrogens (primary N) is 1. The monoisotopic (exact) mass is 584 g/mol. The molecule has 1 aliphatic carbocycles. The van der Waals surface area contributed by atoms with Crippen LogP contribution in [0.4, 0.5) is 11.5 Å². The molecule has 1 unspecified atom stereocenters. The fourth-order valence-electron chi connectivity index (χ4n) is 7.51. The second kappa shape index (κ2) is 7.97. The summed E-state index contributed by atoms with van der Waals surface area (Å²) in [6, 6.07) is 34.3. The summed E-state index contributed by atoms with van der Waals surface area (Å²) < 4.78 is 7.87. The Balaban J connectivity index is 1.26. The first-order valence-electron chi connectivity index (χ1n) is 14.7. The van der Waals surface area contributed by atoms with Crippen molar-refractivity contribution in [2.45, 2.75) is 6.04 Å². The van der Waals surface area contributed by atoms with Crippen LogP contribution in [-0.4, -0.2) is 16.2 Å². The number of nitrogens with zero attached hydrogens (tertiary/aromatic N) is 2. The van der Waals surface area contributed by atoms with Gasteiger partial charge in [0.05, 0.1) is 11.0 Å². The Labute approximate surface area is 253 Å². The molecule has 200 valence electrons. The molecule has 0 saturated carbocycles. The molecule has 5 heterocycles. The molecule has 0 saturated heterocycles. The van der Waals surface area contributed by atoms with Gasteiger partial charge in [-0.25, -0.2) is 4.99 Å². The molecular weight excluding hydrogens is 563 g/mol. The average Bonchev–Trinajstić information content (AvgIpc) is 3.79. The summed E-state index contributed by atoms with van der Waals surface area (Å²) >= 11 is 3.79. The molecule has 0 radical (unpaired) electrons. The molecule has 11 rings (SSSR count). The summed E-state index contributed by atoms with van der Waals surface area (Å²) in [4.78, 5) is 5.28. The van der Waals surface area contributed by atoms with E-state index in [0.29, 0.717) is 0 Å². The number of hydrogen-bond acceptors (Lipinski definition) is 3. The largest absolute Gasteiger partial charge is 0.286 e. The maximum atomic E-state index is 5.28. The Bertz CT molecular complexity index is 2770. The number of fused-ring (bicyclic) bond motifs is 14. The molecule has 5 heteroatoms. The maximum Gasteiger partial charge on any atom is 0.237 e. The topological polar surface area (TPSA) is 33.4 Å². The van der Waals surface area contributed by atoms with Gasteiger partial charge in [0, 0.05) is 56.5 Å². The standard InChI is InChI=1S/C38H21N3S2/c1-5-11-31-22(7-1)24-17-21(14-16-33(24)42-31)20-13-15-30-26(18-20)34-36-27(19-25-23-8-2-6-12-32(23)43-37(25)34)35-38(41(30)36)40-29-10-4-3-9-28(29)39-35/h1-19,29,40H/p+1. The highest BCUT2D eigenvalue weighted by Gasteiger charge is 2.33. The van der Waals surface area contributed by atoms with Gasteiger partial charge in [-0.05, 0) is 65.7 Å². The Morgan fingerprint density at radius 2 is 1.40 bits per heavy atom. The van der Waals surface area contributed by atoms with E-state index in [0.717, 1.165) is 11.4 Å². The number of thiophene rings is 2. The van der Waals surface area contributed by atoms with Crippen molar-refractivity contribution in [2.24, 2.45) is 4.99 Å². The Morgan fingerprint density at radius 1 is 0.651 bits per heavy atom. The molecule has 0 fully saturated rings. The van der Waals surface area contributed by atoms with Gasteiger partial charge in [0.25, 0.3) is 0 Å². The van der Waals surface area contributed by atoms with Crippen LogP contribution in [0.5, 0.6) is 0 Å². The van der Waals surface area contributed by atoms with Crippen LogP contribution in [0, 0.1) is 0 Å². The molecule has 0 amide bonds. The van der Waals surface area contributed by atoms with Crippen molar-refractivity contribution in [3.8, 4) is 11.1 Å². The predicted octanol–water partition coefficient (Wildman–Crippen LogP) is 9.86. The van der Waals surface area contributed by atoms with E-state index >= 15 is 0 Å². The molecule has 0 spiro atoms. The van der Waals surface area contributed by atoms with Crippen molar-refractivity contribution >= 4 is 107 Å². The second-order valence-corrected chi connectivity index (χ2v) is 13.8. The van der Waals surface area contributed by atoms with Crippen LogP contribution < -0.4 is 5.32 Å². The van der Waals surface area contributed by atoms with E-state index in [9.17, 15) is 0 Å². The fourth-order valence-corrected chi connectivity index (χ4v) is 9.84. The first-order chi connectivity index (χ1) is 21.3. The second-order valence-electron chi connectivity index (χ2n) is 11.7. The molecule has 0 bridgehead atoms. The number of allylic oxidation sites excluding steroid dienone is 2. The van der Waals surface area contributed by atoms with E-state index in [1.807, 2.05) is 22.7 Å². The van der Waals surface area contributed by atoms with Crippen LogP contribution in [0.2, 0.25) is 0 Å². The fraction of sp³-hybridized carbons (Fsp3) is 0.0263. The molecule has 2 N–H and O–H groups in total. The Morgan fingerprint density at radius 3 is 2.28 bits per heavy atom. The van der Waals surface area contributed by atoms with E-state index in [2.05, 4.69) is 125 Å². The van der Waals surface area contributed by atoms with Crippen LogP contribution in [0.1, 0.15) is 0 Å². The van der Waals surface area contributed by atoms with Crippen LogP contribution in [0.15, 0.2) is 120 Å². The minimum atomic E-state index is 0.207. The summed E-state index contributed by atoms with van der Waals surface area (Å²) in [5.41, 5.74) is 7.29. The van der Waals surface area contributed by atoms with E-state index in [1.165, 1.54) is 84.5 Å². The third kappa shape index (κ3) is 2.89. The predicted molar refractivity (Wildman–Crippen MR) is 186 cm³/mol. The lowest BCUT2D eigenvalue weighted by Crippen LogP contribution is -2.87. The molecule has 3 nitrogen and oxygen atoms in total. The van der Waals surface area contributed by atoms with Crippen molar-refractivity contribution in [1.29, 1.82) is 0 Å². The van der Waals surface area contributed by atoms with E-state index in [1.54, 1.807) is 0 Å². The molecule has 43 heavy (non-hydrogen) atoms. The smallest absolute Gasteiger partial charge is 0.237 e.